The summed E-state index contributed by atoms with van der Waals surface area (Å²) in [5.74, 6) is 0. The Balaban J connectivity index is 3.02. The van der Waals surface area contributed by atoms with Gasteiger partial charge in [-0.05, 0) is 32.6 Å². The summed E-state index contributed by atoms with van der Waals surface area (Å²) in [4.78, 5) is 0. The fraction of sp³-hybridized carbons (Fsp3) is 0.857. The number of unbranched alkanes of at least 4 members (excludes halogenated alkanes) is 5. The van der Waals surface area contributed by atoms with Gasteiger partial charge in [0.05, 0.1) is 0 Å². The number of hydrogen-bond donors (Lipinski definition) is 1. The summed E-state index contributed by atoms with van der Waals surface area (Å²) in [5.41, 5.74) is 7.18. The Labute approximate surface area is 96.1 Å². The third-order valence-corrected chi connectivity index (χ3v) is 2.95. The van der Waals surface area contributed by atoms with Crippen LogP contribution in [0.4, 0.5) is 0 Å². The molecule has 0 aliphatic rings. The number of allylic oxidation sites excluding steroid dienone is 1. The SMILES string of the molecule is C=C(C)CCCCCCCCC(N)CC. The van der Waals surface area contributed by atoms with Crippen LogP contribution in [-0.2, 0) is 0 Å². The molecule has 0 aliphatic heterocycles. The van der Waals surface area contributed by atoms with Gasteiger partial charge in [-0.25, -0.2) is 0 Å². The largest absolute Gasteiger partial charge is 0.328 e. The van der Waals surface area contributed by atoms with E-state index in [-0.39, 0.29) is 0 Å². The summed E-state index contributed by atoms with van der Waals surface area (Å²) in [6, 6.07) is 0.438. The molecule has 0 saturated carbocycles. The van der Waals surface area contributed by atoms with Crippen molar-refractivity contribution >= 4 is 0 Å². The van der Waals surface area contributed by atoms with Crippen LogP contribution in [0, 0.1) is 0 Å². The number of hydrogen-bond acceptors (Lipinski definition) is 1. The van der Waals surface area contributed by atoms with E-state index in [0.29, 0.717) is 6.04 Å². The van der Waals surface area contributed by atoms with Gasteiger partial charge in [0.2, 0.25) is 0 Å². The summed E-state index contributed by atoms with van der Waals surface area (Å²) in [7, 11) is 0. The van der Waals surface area contributed by atoms with E-state index in [2.05, 4.69) is 20.4 Å². The topological polar surface area (TPSA) is 26.0 Å². The van der Waals surface area contributed by atoms with Crippen LogP contribution in [-0.4, -0.2) is 6.04 Å². The van der Waals surface area contributed by atoms with Crippen LogP contribution >= 0.6 is 0 Å². The van der Waals surface area contributed by atoms with E-state index in [9.17, 15) is 0 Å². The minimum Gasteiger partial charge on any atom is -0.328 e. The highest BCUT2D eigenvalue weighted by atomic mass is 14.6. The molecule has 90 valence electrons. The molecule has 0 amide bonds. The smallest absolute Gasteiger partial charge is 0.00362 e. The second-order valence-electron chi connectivity index (χ2n) is 4.79. The van der Waals surface area contributed by atoms with Gasteiger partial charge in [-0.3, -0.25) is 0 Å². The van der Waals surface area contributed by atoms with Crippen LogP contribution in [0.5, 0.6) is 0 Å². The van der Waals surface area contributed by atoms with Gasteiger partial charge in [0, 0.05) is 6.04 Å². The minimum absolute atomic E-state index is 0.438. The summed E-state index contributed by atoms with van der Waals surface area (Å²) in [5, 5.41) is 0. The average Bonchev–Trinajstić information content (AvgIpc) is 2.21. The Morgan fingerprint density at radius 1 is 1.07 bits per heavy atom. The highest BCUT2D eigenvalue weighted by Gasteiger charge is 1.98. The fourth-order valence-corrected chi connectivity index (χ4v) is 1.74. The molecule has 0 aromatic heterocycles. The van der Waals surface area contributed by atoms with Crippen molar-refractivity contribution in [1.82, 2.24) is 0 Å². The molecule has 0 spiro atoms. The minimum atomic E-state index is 0.438. The summed E-state index contributed by atoms with van der Waals surface area (Å²) < 4.78 is 0. The van der Waals surface area contributed by atoms with Crippen molar-refractivity contribution in [3.63, 3.8) is 0 Å². The predicted octanol–water partition coefficient (Wildman–Crippen LogP) is 4.42. The quantitative estimate of drug-likeness (QED) is 0.420. The first-order valence-corrected chi connectivity index (χ1v) is 6.56. The molecule has 0 heterocycles. The summed E-state index contributed by atoms with van der Waals surface area (Å²) in [6.45, 7) is 8.20. The molecule has 0 bridgehead atoms. The first kappa shape index (κ1) is 14.7. The Morgan fingerprint density at radius 3 is 2.13 bits per heavy atom. The predicted molar refractivity (Wildman–Crippen MR) is 70.0 cm³/mol. The monoisotopic (exact) mass is 211 g/mol. The molecular weight excluding hydrogens is 182 g/mol. The van der Waals surface area contributed by atoms with Crippen LogP contribution in [0.2, 0.25) is 0 Å². The van der Waals surface area contributed by atoms with Crippen molar-refractivity contribution in [2.45, 2.75) is 77.7 Å². The van der Waals surface area contributed by atoms with E-state index in [1.54, 1.807) is 0 Å². The molecule has 1 heteroatoms. The van der Waals surface area contributed by atoms with Crippen LogP contribution < -0.4 is 5.73 Å². The lowest BCUT2D eigenvalue weighted by Crippen LogP contribution is -2.17. The standard InChI is InChI=1S/C14H29N/c1-4-14(15)12-10-8-6-5-7-9-11-13(2)3/h14H,2,4-12,15H2,1,3H3. The van der Waals surface area contributed by atoms with E-state index in [1.807, 2.05) is 0 Å². The van der Waals surface area contributed by atoms with Crippen molar-refractivity contribution in [3.8, 4) is 0 Å². The Bertz CT molecular complexity index is 151. The van der Waals surface area contributed by atoms with Crippen molar-refractivity contribution in [2.75, 3.05) is 0 Å². The molecule has 2 N–H and O–H groups in total. The molecule has 0 aromatic carbocycles. The van der Waals surface area contributed by atoms with Gasteiger partial charge in [-0.2, -0.15) is 0 Å². The normalized spacial score (nSPS) is 12.7. The van der Waals surface area contributed by atoms with Gasteiger partial charge in [-0.15, -0.1) is 6.58 Å². The van der Waals surface area contributed by atoms with Gasteiger partial charge in [0.1, 0.15) is 0 Å². The van der Waals surface area contributed by atoms with E-state index < -0.39 is 0 Å². The highest BCUT2D eigenvalue weighted by Crippen LogP contribution is 2.11. The Morgan fingerprint density at radius 2 is 1.60 bits per heavy atom. The maximum Gasteiger partial charge on any atom is 0.00362 e. The summed E-state index contributed by atoms with van der Waals surface area (Å²) in [6.07, 6.45) is 11.7. The Hall–Kier alpha value is -0.300. The third-order valence-electron chi connectivity index (χ3n) is 2.95. The van der Waals surface area contributed by atoms with E-state index in [0.717, 1.165) is 6.42 Å². The molecule has 1 unspecified atom stereocenters. The maximum absolute atomic E-state index is 5.86. The van der Waals surface area contributed by atoms with Crippen LogP contribution in [0.25, 0.3) is 0 Å². The van der Waals surface area contributed by atoms with E-state index in [1.165, 1.54) is 56.9 Å². The molecule has 1 atom stereocenters. The first-order chi connectivity index (χ1) is 7.16. The van der Waals surface area contributed by atoms with Gasteiger partial charge >= 0.3 is 0 Å². The lowest BCUT2D eigenvalue weighted by Gasteiger charge is -2.07. The molecule has 0 aromatic rings. The average molecular weight is 211 g/mol. The second kappa shape index (κ2) is 10.2. The van der Waals surface area contributed by atoms with Crippen molar-refractivity contribution in [2.24, 2.45) is 5.73 Å². The molecular formula is C14H29N. The number of nitrogens with two attached hydrogens (primary N) is 1. The highest BCUT2D eigenvalue weighted by molar-refractivity contribution is 4.86. The van der Waals surface area contributed by atoms with E-state index >= 15 is 0 Å². The van der Waals surface area contributed by atoms with Crippen LogP contribution in [0.15, 0.2) is 12.2 Å². The second-order valence-corrected chi connectivity index (χ2v) is 4.79. The lowest BCUT2D eigenvalue weighted by atomic mass is 10.0. The Kier molecular flexibility index (Phi) is 10.0. The zero-order valence-corrected chi connectivity index (χ0v) is 10.7. The van der Waals surface area contributed by atoms with Crippen molar-refractivity contribution < 1.29 is 0 Å². The van der Waals surface area contributed by atoms with Crippen LogP contribution in [0.3, 0.4) is 0 Å². The molecule has 0 rings (SSSR count). The van der Waals surface area contributed by atoms with Gasteiger partial charge < -0.3 is 5.73 Å². The molecule has 0 fully saturated rings. The fourth-order valence-electron chi connectivity index (χ4n) is 1.74. The van der Waals surface area contributed by atoms with Crippen molar-refractivity contribution in [1.29, 1.82) is 0 Å². The van der Waals surface area contributed by atoms with Gasteiger partial charge in [-0.1, -0.05) is 44.6 Å². The zero-order valence-electron chi connectivity index (χ0n) is 10.7. The van der Waals surface area contributed by atoms with Gasteiger partial charge in [0.25, 0.3) is 0 Å². The van der Waals surface area contributed by atoms with Gasteiger partial charge in [0.15, 0.2) is 0 Å². The molecule has 0 radical (unpaired) electrons. The maximum atomic E-state index is 5.86. The number of rotatable bonds is 10. The molecule has 0 saturated heterocycles. The molecule has 15 heavy (non-hydrogen) atoms. The van der Waals surface area contributed by atoms with Crippen LogP contribution in [0.1, 0.15) is 71.6 Å². The third kappa shape index (κ3) is 11.6. The lowest BCUT2D eigenvalue weighted by molar-refractivity contribution is 0.523. The molecule has 1 nitrogen and oxygen atoms in total. The van der Waals surface area contributed by atoms with E-state index in [4.69, 9.17) is 5.73 Å². The first-order valence-electron chi connectivity index (χ1n) is 6.56. The zero-order chi connectivity index (χ0) is 11.5. The molecule has 0 aliphatic carbocycles. The van der Waals surface area contributed by atoms with Crippen molar-refractivity contribution in [3.05, 3.63) is 12.2 Å². The summed E-state index contributed by atoms with van der Waals surface area (Å²) >= 11 is 0.